The molecule has 5 nitrogen and oxygen atoms in total. The number of nitrogens with one attached hydrogen (secondary N) is 1. The van der Waals surface area contributed by atoms with Crippen LogP contribution in [0.25, 0.3) is 0 Å². The molecule has 0 saturated heterocycles. The SMILES string of the molecule is CCNS(=O)(=O)c1c(C)ncnc1C. The molecule has 1 rings (SSSR count). The second-order valence-electron chi connectivity index (χ2n) is 2.87. The first kappa shape index (κ1) is 11.1. The van der Waals surface area contributed by atoms with Crippen molar-refractivity contribution in [3.63, 3.8) is 0 Å². The van der Waals surface area contributed by atoms with Crippen molar-refractivity contribution in [2.45, 2.75) is 25.7 Å². The molecule has 0 atom stereocenters. The molecule has 0 bridgehead atoms. The lowest BCUT2D eigenvalue weighted by molar-refractivity contribution is 0.581. The van der Waals surface area contributed by atoms with Gasteiger partial charge in [0.1, 0.15) is 11.2 Å². The summed E-state index contributed by atoms with van der Waals surface area (Å²) in [7, 11) is -3.45. The Morgan fingerprint density at radius 2 is 1.79 bits per heavy atom. The van der Waals surface area contributed by atoms with Crippen LogP contribution in [0.3, 0.4) is 0 Å². The Kier molecular flexibility index (Phi) is 3.17. The van der Waals surface area contributed by atoms with E-state index in [-0.39, 0.29) is 4.90 Å². The summed E-state index contributed by atoms with van der Waals surface area (Å²) in [5, 5.41) is 0. The lowest BCUT2D eigenvalue weighted by Crippen LogP contribution is -2.25. The zero-order chi connectivity index (χ0) is 10.8. The van der Waals surface area contributed by atoms with E-state index in [4.69, 9.17) is 0 Å². The monoisotopic (exact) mass is 215 g/mol. The van der Waals surface area contributed by atoms with E-state index in [2.05, 4.69) is 14.7 Å². The molecule has 1 aromatic rings. The highest BCUT2D eigenvalue weighted by atomic mass is 32.2. The summed E-state index contributed by atoms with van der Waals surface area (Å²) < 4.78 is 25.8. The van der Waals surface area contributed by atoms with E-state index in [0.717, 1.165) is 0 Å². The minimum Gasteiger partial charge on any atom is -0.240 e. The molecule has 14 heavy (non-hydrogen) atoms. The molecule has 0 aliphatic rings. The van der Waals surface area contributed by atoms with Gasteiger partial charge in [-0.25, -0.2) is 23.1 Å². The van der Waals surface area contributed by atoms with Crippen LogP contribution < -0.4 is 4.72 Å². The van der Waals surface area contributed by atoms with Crippen molar-refractivity contribution in [2.75, 3.05) is 6.54 Å². The molecule has 0 radical (unpaired) electrons. The summed E-state index contributed by atoms with van der Waals surface area (Å²) in [5.74, 6) is 0. The highest BCUT2D eigenvalue weighted by Crippen LogP contribution is 2.14. The lowest BCUT2D eigenvalue weighted by Gasteiger charge is -2.08. The molecule has 0 amide bonds. The van der Waals surface area contributed by atoms with E-state index in [1.807, 2.05) is 0 Å². The first-order valence-corrected chi connectivity index (χ1v) is 5.75. The molecule has 1 N–H and O–H groups in total. The number of aryl methyl sites for hydroxylation is 2. The molecule has 0 aromatic carbocycles. The number of hydrogen-bond donors (Lipinski definition) is 1. The zero-order valence-corrected chi connectivity index (χ0v) is 9.22. The minimum absolute atomic E-state index is 0.182. The molecule has 78 valence electrons. The number of nitrogens with zero attached hydrogens (tertiary/aromatic N) is 2. The molecule has 0 unspecified atom stereocenters. The van der Waals surface area contributed by atoms with Crippen molar-refractivity contribution in [3.8, 4) is 0 Å². The summed E-state index contributed by atoms with van der Waals surface area (Å²) in [5.41, 5.74) is 0.942. The fourth-order valence-corrected chi connectivity index (χ4v) is 2.64. The maximum absolute atomic E-state index is 11.7. The zero-order valence-electron chi connectivity index (χ0n) is 8.40. The fraction of sp³-hybridized carbons (Fsp3) is 0.500. The maximum Gasteiger partial charge on any atom is 0.244 e. The van der Waals surface area contributed by atoms with Gasteiger partial charge in [0.2, 0.25) is 10.0 Å². The Balaban J connectivity index is 3.32. The number of rotatable bonds is 3. The normalized spacial score (nSPS) is 11.6. The van der Waals surface area contributed by atoms with Gasteiger partial charge >= 0.3 is 0 Å². The highest BCUT2D eigenvalue weighted by Gasteiger charge is 2.19. The predicted octanol–water partition coefficient (Wildman–Crippen LogP) is 0.392. The Morgan fingerprint density at radius 1 is 1.29 bits per heavy atom. The maximum atomic E-state index is 11.7. The highest BCUT2D eigenvalue weighted by molar-refractivity contribution is 7.89. The molecule has 0 spiro atoms. The summed E-state index contributed by atoms with van der Waals surface area (Å²) >= 11 is 0. The van der Waals surface area contributed by atoms with Crippen LogP contribution in [0.15, 0.2) is 11.2 Å². The first-order chi connectivity index (χ1) is 6.49. The molecule has 1 heterocycles. The van der Waals surface area contributed by atoms with E-state index in [1.54, 1.807) is 20.8 Å². The van der Waals surface area contributed by atoms with Crippen molar-refractivity contribution >= 4 is 10.0 Å². The summed E-state index contributed by atoms with van der Waals surface area (Å²) in [6.45, 7) is 5.39. The Hall–Kier alpha value is -1.01. The molecule has 0 fully saturated rings. The second-order valence-corrected chi connectivity index (χ2v) is 4.58. The summed E-state index contributed by atoms with van der Waals surface area (Å²) in [6.07, 6.45) is 1.36. The smallest absolute Gasteiger partial charge is 0.240 e. The van der Waals surface area contributed by atoms with Gasteiger partial charge in [-0.15, -0.1) is 0 Å². The Bertz CT molecular complexity index is 408. The van der Waals surface area contributed by atoms with Gasteiger partial charge in [0.15, 0.2) is 0 Å². The quantitative estimate of drug-likeness (QED) is 0.791. The van der Waals surface area contributed by atoms with Crippen molar-refractivity contribution in [3.05, 3.63) is 17.7 Å². The molecular formula is C8H13N3O2S. The summed E-state index contributed by atoms with van der Waals surface area (Å²) in [6, 6.07) is 0. The average molecular weight is 215 g/mol. The van der Waals surface area contributed by atoms with Gasteiger partial charge in [-0.05, 0) is 13.8 Å². The third kappa shape index (κ3) is 2.08. The van der Waals surface area contributed by atoms with E-state index >= 15 is 0 Å². The third-order valence-electron chi connectivity index (χ3n) is 1.76. The largest absolute Gasteiger partial charge is 0.244 e. The van der Waals surface area contributed by atoms with E-state index in [1.165, 1.54) is 6.33 Å². The number of aromatic nitrogens is 2. The van der Waals surface area contributed by atoms with Gasteiger partial charge in [-0.1, -0.05) is 6.92 Å². The molecule has 1 aromatic heterocycles. The molecule has 6 heteroatoms. The van der Waals surface area contributed by atoms with Crippen LogP contribution in [0, 0.1) is 13.8 Å². The minimum atomic E-state index is -3.45. The van der Waals surface area contributed by atoms with Crippen LogP contribution in [0.1, 0.15) is 18.3 Å². The van der Waals surface area contributed by atoms with Crippen LogP contribution in [0.5, 0.6) is 0 Å². The topological polar surface area (TPSA) is 72.0 Å². The number of hydrogen-bond acceptors (Lipinski definition) is 4. The summed E-state index contributed by atoms with van der Waals surface area (Å²) in [4.78, 5) is 7.90. The Labute approximate surface area is 83.6 Å². The van der Waals surface area contributed by atoms with Crippen LogP contribution >= 0.6 is 0 Å². The van der Waals surface area contributed by atoms with Gasteiger partial charge in [0, 0.05) is 6.54 Å². The second kappa shape index (κ2) is 4.02. The molecular weight excluding hydrogens is 202 g/mol. The third-order valence-corrected chi connectivity index (χ3v) is 3.56. The van der Waals surface area contributed by atoms with Crippen LogP contribution in [-0.2, 0) is 10.0 Å². The van der Waals surface area contributed by atoms with Gasteiger partial charge in [0.25, 0.3) is 0 Å². The van der Waals surface area contributed by atoms with Crippen LogP contribution in [0.4, 0.5) is 0 Å². The average Bonchev–Trinajstić information content (AvgIpc) is 2.02. The van der Waals surface area contributed by atoms with Gasteiger partial charge < -0.3 is 0 Å². The number of sulfonamides is 1. The van der Waals surface area contributed by atoms with Crippen LogP contribution in [0.2, 0.25) is 0 Å². The van der Waals surface area contributed by atoms with E-state index < -0.39 is 10.0 Å². The fourth-order valence-electron chi connectivity index (χ4n) is 1.23. The Morgan fingerprint density at radius 3 is 2.21 bits per heavy atom. The molecule has 0 aliphatic heterocycles. The van der Waals surface area contributed by atoms with Crippen molar-refractivity contribution < 1.29 is 8.42 Å². The lowest BCUT2D eigenvalue weighted by atomic mass is 10.4. The van der Waals surface area contributed by atoms with E-state index in [0.29, 0.717) is 17.9 Å². The van der Waals surface area contributed by atoms with Crippen LogP contribution in [-0.4, -0.2) is 24.9 Å². The molecule has 0 saturated carbocycles. The predicted molar refractivity (Wildman–Crippen MR) is 52.4 cm³/mol. The van der Waals surface area contributed by atoms with Gasteiger partial charge in [-0.2, -0.15) is 0 Å². The van der Waals surface area contributed by atoms with Crippen molar-refractivity contribution in [1.29, 1.82) is 0 Å². The van der Waals surface area contributed by atoms with Crippen molar-refractivity contribution in [1.82, 2.24) is 14.7 Å². The van der Waals surface area contributed by atoms with Gasteiger partial charge in [0.05, 0.1) is 11.4 Å². The standard InChI is InChI=1S/C8H13N3O2S/c1-4-11-14(12,13)8-6(2)9-5-10-7(8)3/h5,11H,4H2,1-3H3. The molecule has 0 aliphatic carbocycles. The van der Waals surface area contributed by atoms with Crippen molar-refractivity contribution in [2.24, 2.45) is 0 Å². The van der Waals surface area contributed by atoms with E-state index in [9.17, 15) is 8.42 Å². The van der Waals surface area contributed by atoms with Gasteiger partial charge in [-0.3, -0.25) is 0 Å². The first-order valence-electron chi connectivity index (χ1n) is 4.27.